The maximum absolute atomic E-state index is 12.8. The minimum atomic E-state index is -3.52. The third-order valence-electron chi connectivity index (χ3n) is 3.70. The number of benzene rings is 2. The maximum Gasteiger partial charge on any atom is 0.265 e. The van der Waals surface area contributed by atoms with E-state index >= 15 is 0 Å². The molecule has 0 aliphatic carbocycles. The number of hydrogen-bond donors (Lipinski definition) is 0. The van der Waals surface area contributed by atoms with Crippen LogP contribution in [-0.4, -0.2) is 31.6 Å². The van der Waals surface area contributed by atoms with E-state index < -0.39 is 10.0 Å². The summed E-state index contributed by atoms with van der Waals surface area (Å²) in [5.74, 6) is 0.617. The van der Waals surface area contributed by atoms with Crippen molar-refractivity contribution in [2.45, 2.75) is 18.2 Å². The van der Waals surface area contributed by atoms with Crippen molar-refractivity contribution in [2.24, 2.45) is 4.99 Å². The van der Waals surface area contributed by atoms with Crippen molar-refractivity contribution in [1.29, 1.82) is 0 Å². The molecule has 0 bridgehead atoms. The van der Waals surface area contributed by atoms with E-state index in [0.717, 1.165) is 11.1 Å². The molecule has 114 valence electrons. The summed E-state index contributed by atoms with van der Waals surface area (Å²) < 4.78 is 27.0. The topological polar surface area (TPSA) is 49.7 Å². The molecule has 0 aromatic heterocycles. The van der Waals surface area contributed by atoms with Gasteiger partial charge in [0.1, 0.15) is 5.84 Å². The quantitative estimate of drug-likeness (QED) is 0.871. The summed E-state index contributed by atoms with van der Waals surface area (Å²) >= 11 is 0. The number of aliphatic imine (C=N–C) groups is 1. The third kappa shape index (κ3) is 2.90. The Labute approximate surface area is 131 Å². The Hall–Kier alpha value is -2.14. The molecule has 5 heteroatoms. The maximum atomic E-state index is 12.8. The first-order valence-corrected chi connectivity index (χ1v) is 8.68. The second kappa shape index (κ2) is 5.93. The Balaban J connectivity index is 1.87. The first kappa shape index (κ1) is 14.8. The number of sulfonamides is 1. The van der Waals surface area contributed by atoms with Crippen molar-refractivity contribution in [3.8, 4) is 0 Å². The molecule has 1 aliphatic heterocycles. The zero-order chi connectivity index (χ0) is 15.6. The van der Waals surface area contributed by atoms with Crippen LogP contribution in [-0.2, 0) is 16.4 Å². The average Bonchev–Trinajstić information content (AvgIpc) is 2.98. The molecule has 2 aromatic rings. The molecule has 0 N–H and O–H groups in total. The number of aryl methyl sites for hydroxylation is 1. The molecule has 3 rings (SSSR count). The van der Waals surface area contributed by atoms with Crippen molar-refractivity contribution in [3.63, 3.8) is 0 Å². The number of rotatable bonds is 4. The fourth-order valence-electron chi connectivity index (χ4n) is 2.50. The van der Waals surface area contributed by atoms with Crippen LogP contribution < -0.4 is 0 Å². The molecule has 22 heavy (non-hydrogen) atoms. The molecular formula is C17H18N2O2S. The van der Waals surface area contributed by atoms with Gasteiger partial charge in [-0.3, -0.25) is 9.30 Å². The molecule has 0 spiro atoms. The summed E-state index contributed by atoms with van der Waals surface area (Å²) in [6, 6.07) is 16.8. The van der Waals surface area contributed by atoms with Crippen molar-refractivity contribution >= 4 is 15.9 Å². The Bertz CT molecular complexity index is 781. The van der Waals surface area contributed by atoms with Crippen molar-refractivity contribution < 1.29 is 8.42 Å². The van der Waals surface area contributed by atoms with E-state index in [1.54, 1.807) is 12.1 Å². The molecule has 4 nitrogen and oxygen atoms in total. The van der Waals surface area contributed by atoms with Gasteiger partial charge >= 0.3 is 0 Å². The lowest BCUT2D eigenvalue weighted by atomic mass is 10.1. The van der Waals surface area contributed by atoms with Gasteiger partial charge in [-0.1, -0.05) is 48.0 Å². The van der Waals surface area contributed by atoms with Crippen molar-refractivity contribution in [1.82, 2.24) is 4.31 Å². The van der Waals surface area contributed by atoms with Crippen LogP contribution in [0.3, 0.4) is 0 Å². The number of hydrogen-bond acceptors (Lipinski definition) is 3. The second-order valence-electron chi connectivity index (χ2n) is 5.35. The van der Waals surface area contributed by atoms with Gasteiger partial charge < -0.3 is 0 Å². The van der Waals surface area contributed by atoms with E-state index in [4.69, 9.17) is 0 Å². The molecule has 1 heterocycles. The fourth-order valence-corrected chi connectivity index (χ4v) is 3.95. The minimum absolute atomic E-state index is 0.320. The third-order valence-corrected chi connectivity index (χ3v) is 5.54. The van der Waals surface area contributed by atoms with Gasteiger partial charge in [-0.25, -0.2) is 8.42 Å². The molecule has 2 aromatic carbocycles. The van der Waals surface area contributed by atoms with E-state index in [9.17, 15) is 8.42 Å². The summed E-state index contributed by atoms with van der Waals surface area (Å²) in [5, 5.41) is 0. The lowest BCUT2D eigenvalue weighted by molar-refractivity contribution is 0.535. The van der Waals surface area contributed by atoms with Gasteiger partial charge in [0.2, 0.25) is 0 Å². The summed E-state index contributed by atoms with van der Waals surface area (Å²) in [4.78, 5) is 4.71. The van der Waals surface area contributed by atoms with Crippen LogP contribution in [0.4, 0.5) is 0 Å². The van der Waals surface area contributed by atoms with Gasteiger partial charge in [-0.15, -0.1) is 0 Å². The van der Waals surface area contributed by atoms with Crippen molar-refractivity contribution in [3.05, 3.63) is 65.7 Å². The SMILES string of the molecule is Cc1ccc(S(=O)(=O)N2CCN=C2Cc2ccccc2)cc1. The zero-order valence-electron chi connectivity index (χ0n) is 12.4. The Morgan fingerprint density at radius 1 is 1.05 bits per heavy atom. The minimum Gasteiger partial charge on any atom is -0.269 e. The van der Waals surface area contributed by atoms with Crippen LogP contribution in [0.2, 0.25) is 0 Å². The van der Waals surface area contributed by atoms with Gasteiger partial charge in [-0.2, -0.15) is 0 Å². The summed E-state index contributed by atoms with van der Waals surface area (Å²) in [6.07, 6.45) is 0.534. The predicted molar refractivity (Wildman–Crippen MR) is 87.5 cm³/mol. The highest BCUT2D eigenvalue weighted by Crippen LogP contribution is 2.20. The van der Waals surface area contributed by atoms with Crippen LogP contribution in [0.5, 0.6) is 0 Å². The summed E-state index contributed by atoms with van der Waals surface area (Å²) in [7, 11) is -3.52. The number of nitrogens with zero attached hydrogens (tertiary/aromatic N) is 2. The van der Waals surface area contributed by atoms with E-state index in [0.29, 0.717) is 30.2 Å². The zero-order valence-corrected chi connectivity index (χ0v) is 13.3. The molecular weight excluding hydrogens is 296 g/mol. The van der Waals surface area contributed by atoms with Crippen LogP contribution in [0, 0.1) is 6.92 Å². The molecule has 0 saturated heterocycles. The lowest BCUT2D eigenvalue weighted by Gasteiger charge is -2.20. The first-order valence-electron chi connectivity index (χ1n) is 7.24. The van der Waals surface area contributed by atoms with Gasteiger partial charge in [0.15, 0.2) is 0 Å². The summed E-state index contributed by atoms with van der Waals surface area (Å²) in [6.45, 7) is 2.88. The number of amidine groups is 1. The van der Waals surface area contributed by atoms with Gasteiger partial charge in [0, 0.05) is 6.42 Å². The van der Waals surface area contributed by atoms with Crippen molar-refractivity contribution in [2.75, 3.05) is 13.1 Å². The molecule has 0 atom stereocenters. The Morgan fingerprint density at radius 2 is 1.73 bits per heavy atom. The van der Waals surface area contributed by atoms with Gasteiger partial charge in [0.25, 0.3) is 10.0 Å². The van der Waals surface area contributed by atoms with Crippen LogP contribution in [0.1, 0.15) is 11.1 Å². The molecule has 0 saturated carbocycles. The lowest BCUT2D eigenvalue weighted by Crippen LogP contribution is -2.35. The van der Waals surface area contributed by atoms with Gasteiger partial charge in [0.05, 0.1) is 18.0 Å². The standard InChI is InChI=1S/C17H18N2O2S/c1-14-7-9-16(10-8-14)22(20,21)19-12-11-18-17(19)13-15-5-3-2-4-6-15/h2-10H,11-13H2,1H3. The van der Waals surface area contributed by atoms with E-state index in [-0.39, 0.29) is 0 Å². The Kier molecular flexibility index (Phi) is 3.98. The van der Waals surface area contributed by atoms with Crippen LogP contribution in [0.25, 0.3) is 0 Å². The van der Waals surface area contributed by atoms with E-state index in [1.807, 2.05) is 49.4 Å². The van der Waals surface area contributed by atoms with Crippen LogP contribution >= 0.6 is 0 Å². The first-order chi connectivity index (χ1) is 10.6. The summed E-state index contributed by atoms with van der Waals surface area (Å²) in [5.41, 5.74) is 2.10. The molecule has 0 radical (unpaired) electrons. The fraction of sp³-hybridized carbons (Fsp3) is 0.235. The monoisotopic (exact) mass is 314 g/mol. The molecule has 1 aliphatic rings. The normalized spacial score (nSPS) is 15.0. The van der Waals surface area contributed by atoms with E-state index in [2.05, 4.69) is 4.99 Å². The average molecular weight is 314 g/mol. The predicted octanol–water partition coefficient (Wildman–Crippen LogP) is 2.64. The highest BCUT2D eigenvalue weighted by molar-refractivity contribution is 7.89. The highest BCUT2D eigenvalue weighted by Gasteiger charge is 2.30. The van der Waals surface area contributed by atoms with E-state index in [1.165, 1.54) is 4.31 Å². The molecule has 0 fully saturated rings. The second-order valence-corrected chi connectivity index (χ2v) is 7.21. The van der Waals surface area contributed by atoms with Gasteiger partial charge in [-0.05, 0) is 24.6 Å². The smallest absolute Gasteiger partial charge is 0.265 e. The highest BCUT2D eigenvalue weighted by atomic mass is 32.2. The largest absolute Gasteiger partial charge is 0.269 e. The molecule has 0 unspecified atom stereocenters. The molecule has 0 amide bonds. The Morgan fingerprint density at radius 3 is 2.41 bits per heavy atom. The van der Waals surface area contributed by atoms with Crippen LogP contribution in [0.15, 0.2) is 64.5 Å².